The number of nitrogens with zero attached hydrogens (tertiary/aromatic N) is 1. The van der Waals surface area contributed by atoms with Gasteiger partial charge >= 0.3 is 12.1 Å². The maximum absolute atomic E-state index is 12.3. The van der Waals surface area contributed by atoms with Gasteiger partial charge in [-0.15, -0.1) is 0 Å². The smallest absolute Gasteiger partial charge is 0.414 e. The number of ether oxygens (including phenoxy) is 2. The minimum Gasteiger partial charge on any atom is -0.481 e. The lowest BCUT2D eigenvalue weighted by Gasteiger charge is -2.13. The Hall–Kier alpha value is -3.65. The molecule has 0 aliphatic carbocycles. The molecular formula is C23H24N2O6. The Balaban J connectivity index is 1.59. The molecule has 3 aromatic rings. The molecule has 0 fully saturated rings. The van der Waals surface area contributed by atoms with E-state index in [1.54, 1.807) is 13.8 Å². The van der Waals surface area contributed by atoms with Crippen LogP contribution in [0.1, 0.15) is 37.5 Å². The molecule has 162 valence electrons. The normalized spacial score (nSPS) is 12.7. The van der Waals surface area contributed by atoms with Gasteiger partial charge in [0.25, 0.3) is 0 Å². The van der Waals surface area contributed by atoms with Crippen molar-refractivity contribution in [1.82, 2.24) is 4.98 Å². The molecule has 0 aliphatic heterocycles. The molecule has 1 aromatic heterocycles. The molecule has 2 atom stereocenters. The van der Waals surface area contributed by atoms with Gasteiger partial charge in [-0.05, 0) is 25.0 Å². The number of hydrogen-bond donors (Lipinski definition) is 2. The number of nitrogens with one attached hydrogen (secondary N) is 1. The molecule has 1 heterocycles. The summed E-state index contributed by atoms with van der Waals surface area (Å²) in [6.07, 6.45) is -0.253. The third-order valence-electron chi connectivity index (χ3n) is 4.56. The maximum atomic E-state index is 12.3. The van der Waals surface area contributed by atoms with Crippen molar-refractivity contribution in [3.05, 3.63) is 72.1 Å². The van der Waals surface area contributed by atoms with Crippen LogP contribution in [0.25, 0.3) is 11.3 Å². The number of oxazole rings is 1. The Labute approximate surface area is 179 Å². The average molecular weight is 424 g/mol. The highest BCUT2D eigenvalue weighted by atomic mass is 16.6. The lowest BCUT2D eigenvalue weighted by Crippen LogP contribution is -2.16. The number of carboxylic acids is 1. The number of hydrogen-bond acceptors (Lipinski definition) is 6. The van der Waals surface area contributed by atoms with E-state index in [9.17, 15) is 9.59 Å². The molecule has 0 aliphatic rings. The minimum absolute atomic E-state index is 0.0506. The molecule has 0 radical (unpaired) electrons. The van der Waals surface area contributed by atoms with Crippen LogP contribution >= 0.6 is 0 Å². The lowest BCUT2D eigenvalue weighted by atomic mass is 10.1. The van der Waals surface area contributed by atoms with Gasteiger partial charge in [0.05, 0.1) is 19.1 Å². The van der Waals surface area contributed by atoms with Crippen molar-refractivity contribution < 1.29 is 28.6 Å². The zero-order valence-electron chi connectivity index (χ0n) is 17.3. The summed E-state index contributed by atoms with van der Waals surface area (Å²) in [6, 6.07) is 16.7. The Kier molecular flexibility index (Phi) is 7.40. The molecule has 8 nitrogen and oxygen atoms in total. The Morgan fingerprint density at radius 3 is 2.48 bits per heavy atom. The second-order valence-electron chi connectivity index (χ2n) is 7.03. The van der Waals surface area contributed by atoms with Crippen LogP contribution in [-0.2, 0) is 20.9 Å². The van der Waals surface area contributed by atoms with Crippen LogP contribution in [0, 0.1) is 0 Å². The molecule has 0 saturated heterocycles. The maximum Gasteiger partial charge on any atom is 0.414 e. The van der Waals surface area contributed by atoms with E-state index >= 15 is 0 Å². The zero-order chi connectivity index (χ0) is 22.2. The SMILES string of the molecule is CC(CC(=O)O)OCc1ccc(-c2ncoc2NC(=O)OC(C)c2ccccc2)cc1. The summed E-state index contributed by atoms with van der Waals surface area (Å²) in [4.78, 5) is 27.2. The number of rotatable bonds is 9. The van der Waals surface area contributed by atoms with Crippen LogP contribution in [0.3, 0.4) is 0 Å². The standard InChI is InChI=1S/C23H24N2O6/c1-15(12-20(26)27)29-13-17-8-10-19(11-9-17)21-22(30-14-24-21)25-23(28)31-16(2)18-6-4-3-5-7-18/h3-11,14-16H,12-13H2,1-2H3,(H,25,28)(H,26,27). The first-order valence-corrected chi connectivity index (χ1v) is 9.81. The summed E-state index contributed by atoms with van der Waals surface area (Å²) < 4.78 is 16.3. The molecule has 31 heavy (non-hydrogen) atoms. The van der Waals surface area contributed by atoms with Gasteiger partial charge in [0.2, 0.25) is 5.88 Å². The fourth-order valence-corrected chi connectivity index (χ4v) is 2.92. The van der Waals surface area contributed by atoms with E-state index < -0.39 is 18.2 Å². The van der Waals surface area contributed by atoms with Gasteiger partial charge < -0.3 is 19.0 Å². The molecule has 0 spiro atoms. The van der Waals surface area contributed by atoms with Crippen molar-refractivity contribution in [2.45, 2.75) is 39.1 Å². The molecule has 2 unspecified atom stereocenters. The van der Waals surface area contributed by atoms with E-state index in [2.05, 4.69) is 10.3 Å². The van der Waals surface area contributed by atoms with E-state index in [-0.39, 0.29) is 18.4 Å². The highest BCUT2D eigenvalue weighted by Gasteiger charge is 2.17. The number of carboxylic acid groups (broad SMARTS) is 1. The van der Waals surface area contributed by atoms with E-state index in [1.165, 1.54) is 6.39 Å². The van der Waals surface area contributed by atoms with Crippen molar-refractivity contribution in [3.8, 4) is 11.3 Å². The molecule has 0 saturated carbocycles. The third-order valence-corrected chi connectivity index (χ3v) is 4.56. The van der Waals surface area contributed by atoms with Gasteiger partial charge in [-0.25, -0.2) is 9.78 Å². The number of aliphatic carboxylic acids is 1. The van der Waals surface area contributed by atoms with Gasteiger partial charge in [-0.3, -0.25) is 10.1 Å². The van der Waals surface area contributed by atoms with Crippen molar-refractivity contribution in [2.75, 3.05) is 5.32 Å². The molecular weight excluding hydrogens is 400 g/mol. The molecule has 3 rings (SSSR count). The first kappa shape index (κ1) is 22.0. The predicted octanol–water partition coefficient (Wildman–Crippen LogP) is 5.03. The summed E-state index contributed by atoms with van der Waals surface area (Å²) in [5, 5.41) is 11.4. The van der Waals surface area contributed by atoms with Crippen LogP contribution in [0.5, 0.6) is 0 Å². The van der Waals surface area contributed by atoms with Gasteiger partial charge in [0, 0.05) is 5.56 Å². The fourth-order valence-electron chi connectivity index (χ4n) is 2.92. The summed E-state index contributed by atoms with van der Waals surface area (Å²) in [5.41, 5.74) is 2.97. The van der Waals surface area contributed by atoms with Crippen molar-refractivity contribution in [3.63, 3.8) is 0 Å². The number of anilines is 1. The summed E-state index contributed by atoms with van der Waals surface area (Å²) in [7, 11) is 0. The zero-order valence-corrected chi connectivity index (χ0v) is 17.3. The second-order valence-corrected chi connectivity index (χ2v) is 7.03. The summed E-state index contributed by atoms with van der Waals surface area (Å²) in [5.74, 6) is -0.713. The topological polar surface area (TPSA) is 111 Å². The second kappa shape index (κ2) is 10.4. The van der Waals surface area contributed by atoms with Crippen LogP contribution in [0.15, 0.2) is 65.4 Å². The first-order chi connectivity index (χ1) is 14.9. The van der Waals surface area contributed by atoms with Crippen LogP contribution in [0.2, 0.25) is 0 Å². The Morgan fingerprint density at radius 2 is 1.81 bits per heavy atom. The third kappa shape index (κ3) is 6.42. The molecule has 2 aromatic carbocycles. The summed E-state index contributed by atoms with van der Waals surface area (Å²) in [6.45, 7) is 3.80. The minimum atomic E-state index is -0.898. The number of carbonyl (C=O) groups excluding carboxylic acids is 1. The number of benzene rings is 2. The largest absolute Gasteiger partial charge is 0.481 e. The Bertz CT molecular complexity index is 1000. The highest BCUT2D eigenvalue weighted by Crippen LogP contribution is 2.27. The monoisotopic (exact) mass is 424 g/mol. The van der Waals surface area contributed by atoms with Gasteiger partial charge in [0.1, 0.15) is 11.8 Å². The number of amides is 1. The number of aromatic nitrogens is 1. The summed E-state index contributed by atoms with van der Waals surface area (Å²) >= 11 is 0. The Morgan fingerprint density at radius 1 is 1.10 bits per heavy atom. The number of carbonyl (C=O) groups is 2. The lowest BCUT2D eigenvalue weighted by molar-refractivity contribution is -0.140. The molecule has 8 heteroatoms. The van der Waals surface area contributed by atoms with Crippen LogP contribution in [0.4, 0.5) is 10.7 Å². The van der Waals surface area contributed by atoms with Crippen molar-refractivity contribution in [2.24, 2.45) is 0 Å². The predicted molar refractivity (Wildman–Crippen MR) is 113 cm³/mol. The van der Waals surface area contributed by atoms with Gasteiger partial charge in [-0.1, -0.05) is 54.6 Å². The van der Waals surface area contributed by atoms with Crippen molar-refractivity contribution >= 4 is 17.9 Å². The fraction of sp³-hybridized carbons (Fsp3) is 0.261. The van der Waals surface area contributed by atoms with E-state index in [1.807, 2.05) is 54.6 Å². The molecule has 2 N–H and O–H groups in total. The van der Waals surface area contributed by atoms with Gasteiger partial charge in [-0.2, -0.15) is 0 Å². The molecule has 0 bridgehead atoms. The first-order valence-electron chi connectivity index (χ1n) is 9.81. The van der Waals surface area contributed by atoms with E-state index in [0.717, 1.165) is 16.7 Å². The van der Waals surface area contributed by atoms with Crippen LogP contribution in [-0.4, -0.2) is 28.3 Å². The average Bonchev–Trinajstić information content (AvgIpc) is 3.20. The quantitative estimate of drug-likeness (QED) is 0.495. The van der Waals surface area contributed by atoms with E-state index in [4.69, 9.17) is 19.0 Å². The highest BCUT2D eigenvalue weighted by molar-refractivity contribution is 5.87. The van der Waals surface area contributed by atoms with Crippen molar-refractivity contribution in [1.29, 1.82) is 0 Å². The van der Waals surface area contributed by atoms with Gasteiger partial charge in [0.15, 0.2) is 6.39 Å². The molecule has 1 amide bonds. The van der Waals surface area contributed by atoms with Crippen LogP contribution < -0.4 is 5.32 Å². The van der Waals surface area contributed by atoms with E-state index in [0.29, 0.717) is 12.3 Å².